The first-order valence-corrected chi connectivity index (χ1v) is 6.43. The van der Waals surface area contributed by atoms with E-state index in [2.05, 4.69) is 31.0 Å². The van der Waals surface area contributed by atoms with E-state index in [9.17, 15) is 5.11 Å². The molecule has 0 aliphatic rings. The summed E-state index contributed by atoms with van der Waals surface area (Å²) in [7, 11) is 0. The van der Waals surface area contributed by atoms with Gasteiger partial charge in [-0.05, 0) is 49.1 Å². The van der Waals surface area contributed by atoms with Crippen molar-refractivity contribution in [2.75, 3.05) is 5.32 Å². The Bertz CT molecular complexity index is 575. The fourth-order valence-electron chi connectivity index (χ4n) is 1.97. The highest BCUT2D eigenvalue weighted by Crippen LogP contribution is 2.18. The predicted molar refractivity (Wildman–Crippen MR) is 80.4 cm³/mol. The molecule has 0 bridgehead atoms. The number of hydrogen-bond donors (Lipinski definition) is 2. The summed E-state index contributed by atoms with van der Waals surface area (Å²) >= 11 is 0. The minimum absolute atomic E-state index is 0.315. The second-order valence-electron chi connectivity index (χ2n) is 4.71. The summed E-state index contributed by atoms with van der Waals surface area (Å²) in [5.41, 5.74) is 4.41. The molecule has 2 heteroatoms. The molecule has 98 valence electrons. The molecule has 0 amide bonds. The van der Waals surface area contributed by atoms with Gasteiger partial charge in [0.05, 0.1) is 0 Å². The molecule has 0 saturated carbocycles. The molecule has 0 fully saturated rings. The fraction of sp³-hybridized carbons (Fsp3) is 0.176. The molecule has 2 N–H and O–H groups in total. The van der Waals surface area contributed by atoms with E-state index in [1.807, 2.05) is 24.3 Å². The van der Waals surface area contributed by atoms with Crippen molar-refractivity contribution in [2.45, 2.75) is 19.8 Å². The van der Waals surface area contributed by atoms with Crippen molar-refractivity contribution in [1.82, 2.24) is 0 Å². The van der Waals surface area contributed by atoms with Crippen LogP contribution in [0, 0.1) is 6.92 Å². The van der Waals surface area contributed by atoms with Gasteiger partial charge >= 0.3 is 0 Å². The third kappa shape index (κ3) is 3.88. The summed E-state index contributed by atoms with van der Waals surface area (Å²) < 4.78 is 0. The van der Waals surface area contributed by atoms with Crippen molar-refractivity contribution < 1.29 is 5.11 Å². The molecular weight excluding hydrogens is 234 g/mol. The molecular formula is C17H19NO. The molecule has 2 rings (SSSR count). The van der Waals surface area contributed by atoms with Crippen LogP contribution < -0.4 is 5.32 Å². The molecule has 0 heterocycles. The zero-order valence-corrected chi connectivity index (χ0v) is 11.2. The molecule has 2 nitrogen and oxygen atoms in total. The van der Waals surface area contributed by atoms with Crippen LogP contribution in [0.3, 0.4) is 0 Å². The van der Waals surface area contributed by atoms with E-state index in [0.717, 1.165) is 29.8 Å². The van der Waals surface area contributed by atoms with Crippen LogP contribution in [0.5, 0.6) is 5.75 Å². The summed E-state index contributed by atoms with van der Waals surface area (Å²) in [5, 5.41) is 12.7. The molecule has 19 heavy (non-hydrogen) atoms. The lowest BCUT2D eigenvalue weighted by Gasteiger charge is -2.12. The van der Waals surface area contributed by atoms with E-state index < -0.39 is 0 Å². The smallest absolute Gasteiger partial charge is 0.115 e. The maximum atomic E-state index is 9.41. The molecule has 0 radical (unpaired) electrons. The first kappa shape index (κ1) is 13.2. The monoisotopic (exact) mass is 253 g/mol. The van der Waals surface area contributed by atoms with Gasteiger partial charge in [-0.1, -0.05) is 36.9 Å². The van der Waals surface area contributed by atoms with Crippen molar-refractivity contribution in [1.29, 1.82) is 0 Å². The van der Waals surface area contributed by atoms with E-state index in [1.54, 1.807) is 12.1 Å². The number of allylic oxidation sites excluding steroid dienone is 1. The number of para-hydroxylation sites is 1. The number of aryl methyl sites for hydroxylation is 2. The maximum Gasteiger partial charge on any atom is 0.115 e. The first-order valence-electron chi connectivity index (χ1n) is 6.43. The molecule has 0 aliphatic heterocycles. The molecule has 0 aliphatic carbocycles. The number of benzene rings is 2. The van der Waals surface area contributed by atoms with E-state index in [0.29, 0.717) is 5.75 Å². The SMILES string of the molecule is C=C(CCc1cccc(O)c1)Nc1ccccc1C. The summed E-state index contributed by atoms with van der Waals surface area (Å²) in [6.07, 6.45) is 1.71. The Kier molecular flexibility index (Phi) is 4.24. The van der Waals surface area contributed by atoms with Gasteiger partial charge in [0.1, 0.15) is 5.75 Å². The van der Waals surface area contributed by atoms with Gasteiger partial charge in [0.15, 0.2) is 0 Å². The lowest BCUT2D eigenvalue weighted by atomic mass is 10.1. The Labute approximate surface area is 114 Å². The standard InChI is InChI=1S/C17H19NO/c1-13-6-3-4-9-17(13)18-14(2)10-11-15-7-5-8-16(19)12-15/h3-9,12,18-19H,2,10-11H2,1H3. The molecule has 2 aromatic carbocycles. The number of phenols is 1. The van der Waals surface area contributed by atoms with Crippen molar-refractivity contribution in [2.24, 2.45) is 0 Å². The Morgan fingerprint density at radius 3 is 2.68 bits per heavy atom. The number of phenolic OH excluding ortho intramolecular Hbond substituents is 1. The largest absolute Gasteiger partial charge is 0.508 e. The minimum Gasteiger partial charge on any atom is -0.508 e. The lowest BCUT2D eigenvalue weighted by Crippen LogP contribution is -2.01. The second kappa shape index (κ2) is 6.10. The molecule has 0 aromatic heterocycles. The molecule has 0 spiro atoms. The van der Waals surface area contributed by atoms with Gasteiger partial charge in [-0.15, -0.1) is 0 Å². The molecule has 0 unspecified atom stereocenters. The van der Waals surface area contributed by atoms with Crippen LogP contribution in [0.4, 0.5) is 5.69 Å². The number of anilines is 1. The highest BCUT2D eigenvalue weighted by atomic mass is 16.3. The number of rotatable bonds is 5. The van der Waals surface area contributed by atoms with Gasteiger partial charge in [-0.2, -0.15) is 0 Å². The van der Waals surface area contributed by atoms with Crippen LogP contribution in [0.1, 0.15) is 17.5 Å². The first-order chi connectivity index (χ1) is 9.15. The van der Waals surface area contributed by atoms with E-state index in [-0.39, 0.29) is 0 Å². The van der Waals surface area contributed by atoms with Crippen LogP contribution in [-0.4, -0.2) is 5.11 Å². The molecule has 0 saturated heterocycles. The van der Waals surface area contributed by atoms with Crippen molar-refractivity contribution in [3.63, 3.8) is 0 Å². The highest BCUT2D eigenvalue weighted by molar-refractivity contribution is 5.53. The van der Waals surface area contributed by atoms with Crippen LogP contribution >= 0.6 is 0 Å². The van der Waals surface area contributed by atoms with Gasteiger partial charge in [-0.25, -0.2) is 0 Å². The Morgan fingerprint density at radius 1 is 1.16 bits per heavy atom. The van der Waals surface area contributed by atoms with Crippen LogP contribution in [0.15, 0.2) is 60.8 Å². The van der Waals surface area contributed by atoms with Crippen LogP contribution in [0.2, 0.25) is 0 Å². The normalized spacial score (nSPS) is 10.2. The Hall–Kier alpha value is -2.22. The third-order valence-corrected chi connectivity index (χ3v) is 3.08. The Morgan fingerprint density at radius 2 is 1.95 bits per heavy atom. The summed E-state index contributed by atoms with van der Waals surface area (Å²) in [4.78, 5) is 0. The number of nitrogens with one attached hydrogen (secondary N) is 1. The highest BCUT2D eigenvalue weighted by Gasteiger charge is 2.00. The van der Waals surface area contributed by atoms with E-state index >= 15 is 0 Å². The predicted octanol–water partition coefficient (Wildman–Crippen LogP) is 4.26. The van der Waals surface area contributed by atoms with Gasteiger partial charge in [0.2, 0.25) is 0 Å². The van der Waals surface area contributed by atoms with Crippen molar-refractivity contribution >= 4 is 5.69 Å². The number of hydrogen-bond acceptors (Lipinski definition) is 2. The summed E-state index contributed by atoms with van der Waals surface area (Å²) in [6.45, 7) is 6.13. The molecule has 0 atom stereocenters. The van der Waals surface area contributed by atoms with Gasteiger partial charge in [0, 0.05) is 11.4 Å². The van der Waals surface area contributed by atoms with Gasteiger partial charge in [-0.3, -0.25) is 0 Å². The Balaban J connectivity index is 1.90. The maximum absolute atomic E-state index is 9.41. The van der Waals surface area contributed by atoms with E-state index in [4.69, 9.17) is 0 Å². The van der Waals surface area contributed by atoms with Crippen molar-refractivity contribution in [3.05, 3.63) is 71.9 Å². The fourth-order valence-corrected chi connectivity index (χ4v) is 1.97. The summed E-state index contributed by atoms with van der Waals surface area (Å²) in [6, 6.07) is 15.5. The average Bonchev–Trinajstić information content (AvgIpc) is 2.39. The quantitative estimate of drug-likeness (QED) is 0.834. The van der Waals surface area contributed by atoms with E-state index in [1.165, 1.54) is 5.56 Å². The third-order valence-electron chi connectivity index (χ3n) is 3.08. The topological polar surface area (TPSA) is 32.3 Å². The minimum atomic E-state index is 0.315. The number of aromatic hydroxyl groups is 1. The van der Waals surface area contributed by atoms with Crippen molar-refractivity contribution in [3.8, 4) is 5.75 Å². The molecule has 2 aromatic rings. The lowest BCUT2D eigenvalue weighted by molar-refractivity contribution is 0.474. The second-order valence-corrected chi connectivity index (χ2v) is 4.71. The van der Waals surface area contributed by atoms with Crippen LogP contribution in [0.25, 0.3) is 0 Å². The average molecular weight is 253 g/mol. The zero-order chi connectivity index (χ0) is 13.7. The van der Waals surface area contributed by atoms with Gasteiger partial charge < -0.3 is 10.4 Å². The van der Waals surface area contributed by atoms with Crippen LogP contribution in [-0.2, 0) is 6.42 Å². The summed E-state index contributed by atoms with van der Waals surface area (Å²) in [5.74, 6) is 0.315. The zero-order valence-electron chi connectivity index (χ0n) is 11.2. The van der Waals surface area contributed by atoms with Gasteiger partial charge in [0.25, 0.3) is 0 Å².